The van der Waals surface area contributed by atoms with Gasteiger partial charge in [-0.3, -0.25) is 0 Å². The highest BCUT2D eigenvalue weighted by Gasteiger charge is 3.46. The molecular weight excluding hydrogens is 641 g/mol. The molecule has 0 aromatic heterocycles. The zero-order chi connectivity index (χ0) is 30.3. The quantitative estimate of drug-likeness (QED) is 0.225. The normalized spacial score (nSPS) is 47.4. The van der Waals surface area contributed by atoms with Crippen molar-refractivity contribution in [2.75, 3.05) is 0 Å². The van der Waals surface area contributed by atoms with Gasteiger partial charge in [0, 0.05) is 0 Å². The minimum absolute atomic E-state index is 0.859. The van der Waals surface area contributed by atoms with Crippen LogP contribution in [0.1, 0.15) is 0 Å². The van der Waals surface area contributed by atoms with Gasteiger partial charge >= 0.3 is 0 Å². The second-order valence-corrected chi connectivity index (χ2v) is 29.7. The summed E-state index contributed by atoms with van der Waals surface area (Å²) in [5, 5.41) is 0. The molecule has 0 heterocycles. The maximum Gasteiger partial charge on any atom is 0.206 e. The fourth-order valence-electron chi connectivity index (χ4n) is 9.75. The molecule has 0 bridgehead atoms. The molecule has 0 N–H and O–H groups in total. The highest BCUT2D eigenvalue weighted by Crippen LogP contribution is 3.16. The Morgan fingerprint density at radius 2 is 0.275 bits per heavy atom. The van der Waals surface area contributed by atoms with Gasteiger partial charge in [-0.2, -0.15) is 0 Å². The Labute approximate surface area is 256 Å². The third kappa shape index (κ3) is 2.61. The van der Waals surface area contributed by atoms with Crippen molar-refractivity contribution in [2.24, 2.45) is 0 Å². The van der Waals surface area contributed by atoms with E-state index in [1.165, 1.54) is 0 Å². The Hall–Kier alpha value is 1.42. The van der Waals surface area contributed by atoms with E-state index < -0.39 is 117 Å². The van der Waals surface area contributed by atoms with Crippen LogP contribution < -0.4 is 0 Å². The zero-order valence-electron chi connectivity index (χ0n) is 27.3. The summed E-state index contributed by atoms with van der Waals surface area (Å²) in [4.78, 5) is 0. The Bertz CT molecular complexity index is 734. The van der Waals surface area contributed by atoms with Crippen molar-refractivity contribution in [3.8, 4) is 0 Å². The van der Waals surface area contributed by atoms with Crippen LogP contribution in [0.25, 0.3) is 0 Å². The lowest BCUT2D eigenvalue weighted by Crippen LogP contribution is -3.53. The second kappa shape index (κ2) is 9.47. The molecule has 6 aliphatic carbocycles. The summed E-state index contributed by atoms with van der Waals surface area (Å²) in [7, 11) is -9.87. The molecule has 0 aromatic carbocycles. The van der Waals surface area contributed by atoms with Crippen LogP contribution in [0.5, 0.6) is 0 Å². The zero-order valence-corrected chi connectivity index (χ0v) is 35.3. The van der Waals surface area contributed by atoms with Crippen LogP contribution in [0.3, 0.4) is 0 Å². The average Bonchev–Trinajstić information content (AvgIpc) is 2.75. The predicted molar refractivity (Wildman–Crippen MR) is 170 cm³/mol. The van der Waals surface area contributed by atoms with Gasteiger partial charge in [0.2, 0.25) is 72.3 Å². The van der Waals surface area contributed by atoms with Gasteiger partial charge in [0.05, 0.1) is 0 Å². The molecule has 6 aliphatic rings. The first-order valence-corrected chi connectivity index (χ1v) is 33.5. The first kappa shape index (κ1) is 32.8. The molecule has 0 unspecified atom stereocenters. The van der Waals surface area contributed by atoms with Gasteiger partial charge in [-0.25, -0.2) is 0 Å². The maximum absolute atomic E-state index is 7.36. The molecule has 0 spiro atoms. The average molecular weight is 689 g/mol. The lowest BCUT2D eigenvalue weighted by Gasteiger charge is -3.24. The highest BCUT2D eigenvalue weighted by atomic mass is 28.3. The lowest BCUT2D eigenvalue weighted by atomic mass is 8.87. The third-order valence-electron chi connectivity index (χ3n) is 8.81. The summed E-state index contributed by atoms with van der Waals surface area (Å²) in [5.41, 5.74) is -6.87. The van der Waals surface area contributed by atoms with Crippen LogP contribution in [-0.2, 0) is 35.4 Å². The topological polar surface area (TPSA) is 73.8 Å². The Morgan fingerprint density at radius 3 is 0.325 bits per heavy atom. The van der Waals surface area contributed by atoms with E-state index in [0.717, 1.165) is 0 Å². The van der Waals surface area contributed by atoms with Crippen molar-refractivity contribution in [3.05, 3.63) is 0 Å². The van der Waals surface area contributed by atoms with Gasteiger partial charge in [-0.1, -0.05) is 0 Å². The standard InChI is InChI=1S/C24H48O8Si8/c1-33(2)25-17-18(26-34(3)4)21(29-37(9)10)19(17,27-35(5)6)23(31-39(13)14)20(17,28-36(7)8)22(18,30-38(11)12)24(21,23)32-40(15)16/h1-16H3. The SMILES string of the molecule is C[Si](C)OC12C3(O[Si](C)C)C4(O[Si](C)C)C1(O[Si](C)C)C1(O[Si](C)C)C2(O[Si](C)C)C3(O[Si](C)C)C41O[Si](C)C. The van der Waals surface area contributed by atoms with Gasteiger partial charge in [0.1, 0.15) is 0 Å². The largest absolute Gasteiger partial charge is 0.403 e. The van der Waals surface area contributed by atoms with E-state index in [0.29, 0.717) is 0 Å². The number of hydrogen-bond donors (Lipinski definition) is 0. The van der Waals surface area contributed by atoms with Crippen LogP contribution in [0.4, 0.5) is 0 Å². The molecule has 6 saturated carbocycles. The van der Waals surface area contributed by atoms with E-state index in [2.05, 4.69) is 105 Å². The Morgan fingerprint density at radius 1 is 0.200 bits per heavy atom. The molecule has 0 aromatic rings. The summed E-state index contributed by atoms with van der Waals surface area (Å²) in [6.45, 7) is 35.3. The Balaban J connectivity index is 1.93. The van der Waals surface area contributed by atoms with Gasteiger partial charge in [0.15, 0.2) is 44.8 Å². The fraction of sp³-hybridized carbons (Fsp3) is 1.00. The molecule has 0 aliphatic heterocycles. The summed E-state index contributed by atoms with van der Waals surface area (Å²) in [5.74, 6) is 0. The van der Waals surface area contributed by atoms with Crippen molar-refractivity contribution in [1.29, 1.82) is 0 Å². The Kier molecular flexibility index (Phi) is 7.77. The maximum atomic E-state index is 7.36. The van der Waals surface area contributed by atoms with E-state index >= 15 is 0 Å². The van der Waals surface area contributed by atoms with Gasteiger partial charge in [-0.05, 0) is 105 Å². The van der Waals surface area contributed by atoms with Gasteiger partial charge in [0.25, 0.3) is 0 Å². The molecule has 6 fully saturated rings. The van der Waals surface area contributed by atoms with Crippen LogP contribution in [0.15, 0.2) is 0 Å². The van der Waals surface area contributed by atoms with Crippen LogP contribution >= 0.6 is 0 Å². The van der Waals surface area contributed by atoms with Crippen molar-refractivity contribution in [1.82, 2.24) is 0 Å². The highest BCUT2D eigenvalue weighted by molar-refractivity contribution is 6.54. The third-order valence-corrected chi connectivity index (χ3v) is 14.5. The van der Waals surface area contributed by atoms with Crippen LogP contribution in [0, 0.1) is 0 Å². The number of rotatable bonds is 16. The summed E-state index contributed by atoms with van der Waals surface area (Å²) >= 11 is 0. The molecule has 224 valence electrons. The van der Waals surface area contributed by atoms with Crippen molar-refractivity contribution >= 4 is 72.3 Å². The van der Waals surface area contributed by atoms with E-state index in [1.807, 2.05) is 0 Å². The first-order chi connectivity index (χ1) is 18.3. The summed E-state index contributed by atoms with van der Waals surface area (Å²) in [6.07, 6.45) is 0. The van der Waals surface area contributed by atoms with Crippen LogP contribution in [0.2, 0.25) is 105 Å². The minimum atomic E-state index is -1.23. The van der Waals surface area contributed by atoms with Gasteiger partial charge < -0.3 is 35.4 Å². The molecular formula is C24H48O8Si8. The van der Waals surface area contributed by atoms with Crippen molar-refractivity contribution in [3.63, 3.8) is 0 Å². The molecule has 16 heteroatoms. The number of hydrogen-bond acceptors (Lipinski definition) is 8. The van der Waals surface area contributed by atoms with E-state index in [1.54, 1.807) is 0 Å². The lowest BCUT2D eigenvalue weighted by molar-refractivity contribution is -0.836. The van der Waals surface area contributed by atoms with Crippen molar-refractivity contribution in [2.45, 2.75) is 150 Å². The monoisotopic (exact) mass is 688 g/mol. The van der Waals surface area contributed by atoms with E-state index in [4.69, 9.17) is 35.4 Å². The molecule has 8 radical (unpaired) electrons. The second-order valence-electron chi connectivity index (χ2n) is 13.5. The molecule has 0 saturated heterocycles. The van der Waals surface area contributed by atoms with Gasteiger partial charge in [-0.15, -0.1) is 0 Å². The molecule has 6 rings (SSSR count). The molecule has 8 nitrogen and oxygen atoms in total. The fourth-order valence-corrected chi connectivity index (χ4v) is 18.1. The smallest absolute Gasteiger partial charge is 0.206 e. The van der Waals surface area contributed by atoms with E-state index in [9.17, 15) is 0 Å². The molecule has 0 amide bonds. The van der Waals surface area contributed by atoms with E-state index in [-0.39, 0.29) is 0 Å². The van der Waals surface area contributed by atoms with Crippen molar-refractivity contribution < 1.29 is 35.4 Å². The predicted octanol–water partition coefficient (Wildman–Crippen LogP) is 4.11. The summed E-state index contributed by atoms with van der Waals surface area (Å²) in [6, 6.07) is 0. The molecule has 40 heavy (non-hydrogen) atoms. The molecule has 0 atom stereocenters. The summed E-state index contributed by atoms with van der Waals surface area (Å²) < 4.78 is 58.9. The first-order valence-electron chi connectivity index (χ1n) is 14.3. The minimum Gasteiger partial charge on any atom is -0.403 e. The van der Waals surface area contributed by atoms with Crippen LogP contribution in [-0.4, -0.2) is 117 Å².